The molecule has 1 aliphatic rings. The van der Waals surface area contributed by atoms with Gasteiger partial charge in [-0.3, -0.25) is 4.79 Å². The summed E-state index contributed by atoms with van der Waals surface area (Å²) in [5.41, 5.74) is 2.93. The number of piperidine rings is 1. The Morgan fingerprint density at radius 3 is 2.23 bits per heavy atom. The molecule has 0 bridgehead atoms. The highest BCUT2D eigenvalue weighted by atomic mass is 35.5. The van der Waals surface area contributed by atoms with Crippen LogP contribution >= 0.6 is 11.6 Å². The number of nitrogens with zero attached hydrogens (tertiary/aromatic N) is 3. The highest BCUT2D eigenvalue weighted by Gasteiger charge is 2.28. The lowest BCUT2D eigenvalue weighted by atomic mass is 9.93. The molecule has 0 N–H and O–H groups in total. The maximum Gasteiger partial charge on any atom is 0.283 e. The molecule has 1 fully saturated rings. The van der Waals surface area contributed by atoms with E-state index in [9.17, 15) is 13.2 Å². The molecular weight excluding hydrogens is 434 g/mol. The van der Waals surface area contributed by atoms with E-state index in [2.05, 4.69) is 5.10 Å². The summed E-state index contributed by atoms with van der Waals surface area (Å²) in [6.45, 7) is 4.78. The van der Waals surface area contributed by atoms with Gasteiger partial charge in [0.1, 0.15) is 0 Å². The Kier molecular flexibility index (Phi) is 5.90. The summed E-state index contributed by atoms with van der Waals surface area (Å²) >= 11 is 6.03. The van der Waals surface area contributed by atoms with E-state index in [0.717, 1.165) is 33.7 Å². The van der Waals surface area contributed by atoms with Gasteiger partial charge < -0.3 is 4.90 Å². The lowest BCUT2D eigenvalue weighted by molar-refractivity contribution is -0.129. The van der Waals surface area contributed by atoms with E-state index in [4.69, 9.17) is 11.6 Å². The van der Waals surface area contributed by atoms with Crippen LogP contribution in [0.3, 0.4) is 0 Å². The lowest BCUT2D eigenvalue weighted by Crippen LogP contribution is -2.36. The Balaban J connectivity index is 1.77. The number of amides is 1. The fourth-order valence-corrected chi connectivity index (χ4v) is 5.30. The Morgan fingerprint density at radius 1 is 1.03 bits per heavy atom. The zero-order valence-electron chi connectivity index (χ0n) is 17.5. The molecule has 1 aromatic heterocycles. The molecule has 4 rings (SSSR count). The average molecular weight is 458 g/mol. The average Bonchev–Trinajstić information content (AvgIpc) is 3.21. The first-order valence-electron chi connectivity index (χ1n) is 10.2. The van der Waals surface area contributed by atoms with Crippen molar-refractivity contribution < 1.29 is 13.2 Å². The highest BCUT2D eigenvalue weighted by molar-refractivity contribution is 7.90. The van der Waals surface area contributed by atoms with E-state index in [1.54, 1.807) is 55.5 Å². The van der Waals surface area contributed by atoms with Crippen LogP contribution in [0.15, 0.2) is 59.5 Å². The molecule has 0 radical (unpaired) electrons. The zero-order valence-corrected chi connectivity index (χ0v) is 19.0. The van der Waals surface area contributed by atoms with Crippen LogP contribution in [0, 0.1) is 6.92 Å². The number of aromatic nitrogens is 2. The maximum atomic E-state index is 13.5. The van der Waals surface area contributed by atoms with Crippen LogP contribution in [0.4, 0.5) is 0 Å². The Bertz CT molecular complexity index is 1190. The predicted octanol–water partition coefficient (Wildman–Crippen LogP) is 4.47. The first-order chi connectivity index (χ1) is 14.8. The van der Waals surface area contributed by atoms with Crippen molar-refractivity contribution in [3.05, 3.63) is 70.9 Å². The van der Waals surface area contributed by atoms with Gasteiger partial charge >= 0.3 is 0 Å². The third-order valence-electron chi connectivity index (χ3n) is 5.74. The molecule has 0 spiro atoms. The SMILES string of the molecule is CC(=O)N1CCC(c2cc(-c3ccc(Cl)cc3)n(S(=O)(=O)c3ccc(C)cc3)n2)CC1. The van der Waals surface area contributed by atoms with Crippen LogP contribution in [-0.2, 0) is 14.8 Å². The Hall–Kier alpha value is -2.64. The van der Waals surface area contributed by atoms with Gasteiger partial charge in [0.2, 0.25) is 5.91 Å². The molecule has 6 nitrogen and oxygen atoms in total. The number of halogens is 1. The van der Waals surface area contributed by atoms with E-state index < -0.39 is 10.0 Å². The lowest BCUT2D eigenvalue weighted by Gasteiger charge is -2.30. The summed E-state index contributed by atoms with van der Waals surface area (Å²) in [7, 11) is -3.88. The number of benzene rings is 2. The van der Waals surface area contributed by atoms with Gasteiger partial charge in [-0.15, -0.1) is 0 Å². The quantitative estimate of drug-likeness (QED) is 0.579. The van der Waals surface area contributed by atoms with E-state index in [-0.39, 0.29) is 16.7 Å². The van der Waals surface area contributed by atoms with Crippen molar-refractivity contribution in [1.29, 1.82) is 0 Å². The van der Waals surface area contributed by atoms with Crippen molar-refractivity contribution in [2.45, 2.75) is 37.5 Å². The summed E-state index contributed by atoms with van der Waals surface area (Å²) in [4.78, 5) is 13.6. The first-order valence-corrected chi connectivity index (χ1v) is 12.0. The second-order valence-corrected chi connectivity index (χ2v) is 10.1. The summed E-state index contributed by atoms with van der Waals surface area (Å²) in [5, 5.41) is 5.14. The molecule has 2 heterocycles. The largest absolute Gasteiger partial charge is 0.343 e. The molecule has 162 valence electrons. The maximum absolute atomic E-state index is 13.5. The van der Waals surface area contributed by atoms with Gasteiger partial charge in [0.25, 0.3) is 10.0 Å². The molecule has 1 amide bonds. The van der Waals surface area contributed by atoms with Crippen molar-refractivity contribution in [3.63, 3.8) is 0 Å². The summed E-state index contributed by atoms with van der Waals surface area (Å²) in [6, 6.07) is 15.7. The molecule has 0 saturated carbocycles. The number of hydrogen-bond donors (Lipinski definition) is 0. The van der Waals surface area contributed by atoms with E-state index in [1.807, 2.05) is 17.9 Å². The van der Waals surface area contributed by atoms with Crippen molar-refractivity contribution in [2.24, 2.45) is 0 Å². The molecule has 31 heavy (non-hydrogen) atoms. The summed E-state index contributed by atoms with van der Waals surface area (Å²) < 4.78 is 28.1. The number of aryl methyl sites for hydroxylation is 1. The number of likely N-dealkylation sites (tertiary alicyclic amines) is 1. The molecule has 8 heteroatoms. The molecular formula is C23H24ClN3O3S. The Morgan fingerprint density at radius 2 is 1.65 bits per heavy atom. The van der Waals surface area contributed by atoms with Crippen LogP contribution in [0.1, 0.15) is 36.9 Å². The Labute approximate surface area is 187 Å². The second kappa shape index (κ2) is 8.48. The summed E-state index contributed by atoms with van der Waals surface area (Å²) in [5.74, 6) is 0.156. The van der Waals surface area contributed by atoms with Gasteiger partial charge in [-0.05, 0) is 50.1 Å². The van der Waals surface area contributed by atoms with Gasteiger partial charge in [0.05, 0.1) is 16.3 Å². The predicted molar refractivity (Wildman–Crippen MR) is 121 cm³/mol. The zero-order chi connectivity index (χ0) is 22.2. The second-order valence-electron chi connectivity index (χ2n) is 7.90. The van der Waals surface area contributed by atoms with E-state index in [0.29, 0.717) is 23.8 Å². The molecule has 2 aromatic carbocycles. The van der Waals surface area contributed by atoms with Gasteiger partial charge in [-0.1, -0.05) is 41.4 Å². The van der Waals surface area contributed by atoms with E-state index >= 15 is 0 Å². The van der Waals surface area contributed by atoms with Gasteiger partial charge in [0, 0.05) is 36.5 Å². The van der Waals surface area contributed by atoms with Gasteiger partial charge in [0.15, 0.2) is 0 Å². The van der Waals surface area contributed by atoms with E-state index in [1.165, 1.54) is 0 Å². The minimum absolute atomic E-state index is 0.0628. The molecule has 0 atom stereocenters. The van der Waals surface area contributed by atoms with Gasteiger partial charge in [-0.25, -0.2) is 0 Å². The number of rotatable bonds is 4. The van der Waals surface area contributed by atoms with Crippen LogP contribution < -0.4 is 0 Å². The topological polar surface area (TPSA) is 72.3 Å². The van der Waals surface area contributed by atoms with Crippen LogP contribution in [0.5, 0.6) is 0 Å². The molecule has 1 saturated heterocycles. The van der Waals surface area contributed by atoms with Crippen LogP contribution in [0.2, 0.25) is 5.02 Å². The number of hydrogen-bond acceptors (Lipinski definition) is 4. The minimum Gasteiger partial charge on any atom is -0.343 e. The highest BCUT2D eigenvalue weighted by Crippen LogP contribution is 2.33. The fourth-order valence-electron chi connectivity index (χ4n) is 3.88. The monoisotopic (exact) mass is 457 g/mol. The van der Waals surface area contributed by atoms with Crippen molar-refractivity contribution in [1.82, 2.24) is 14.1 Å². The van der Waals surface area contributed by atoms with Crippen molar-refractivity contribution >= 4 is 27.5 Å². The summed E-state index contributed by atoms with van der Waals surface area (Å²) in [6.07, 6.45) is 1.50. The number of carbonyl (C=O) groups excluding carboxylic acids is 1. The van der Waals surface area contributed by atoms with Crippen molar-refractivity contribution in [2.75, 3.05) is 13.1 Å². The molecule has 0 aliphatic carbocycles. The van der Waals surface area contributed by atoms with Crippen LogP contribution in [-0.4, -0.2) is 41.5 Å². The third-order valence-corrected chi connectivity index (χ3v) is 7.60. The normalized spacial score (nSPS) is 15.3. The van der Waals surface area contributed by atoms with Crippen LogP contribution in [0.25, 0.3) is 11.3 Å². The fraction of sp³-hybridized carbons (Fsp3) is 0.304. The standard InChI is InChI=1S/C23H24ClN3O3S/c1-16-3-9-21(10-4-16)31(29,30)27-23(19-5-7-20(24)8-6-19)15-22(25-27)18-11-13-26(14-12-18)17(2)28/h3-10,15,18H,11-14H2,1-2H3. The minimum atomic E-state index is -3.88. The smallest absolute Gasteiger partial charge is 0.283 e. The van der Waals surface area contributed by atoms with Gasteiger partial charge in [-0.2, -0.15) is 17.6 Å². The van der Waals surface area contributed by atoms with Crippen molar-refractivity contribution in [3.8, 4) is 11.3 Å². The molecule has 1 aliphatic heterocycles. The molecule has 0 unspecified atom stereocenters. The first kappa shape index (κ1) is 21.6. The third kappa shape index (κ3) is 4.38. The number of carbonyl (C=O) groups is 1. The molecule has 3 aromatic rings.